The van der Waals surface area contributed by atoms with Crippen LogP contribution in [0.15, 0.2) is 18.2 Å². The van der Waals surface area contributed by atoms with E-state index in [1.165, 1.54) is 0 Å². The standard InChI is InChI=1S/C14H12ClNO4/c15-14-8(1-2-13(17)18)5-9-6-11-12(7-10(9)16-14)20-4-3-19-11/h5-7H,1-4H2,(H,17,18). The molecule has 2 heterocycles. The van der Waals surface area contributed by atoms with Gasteiger partial charge in [-0.25, -0.2) is 4.98 Å². The lowest BCUT2D eigenvalue weighted by Crippen LogP contribution is -2.15. The summed E-state index contributed by atoms with van der Waals surface area (Å²) in [6.45, 7) is 1.04. The van der Waals surface area contributed by atoms with Crippen molar-refractivity contribution in [3.05, 3.63) is 28.9 Å². The van der Waals surface area contributed by atoms with Crippen molar-refractivity contribution >= 4 is 28.5 Å². The van der Waals surface area contributed by atoms with Gasteiger partial charge in [0, 0.05) is 17.9 Å². The van der Waals surface area contributed by atoms with Crippen molar-refractivity contribution in [2.45, 2.75) is 12.8 Å². The Hall–Kier alpha value is -2.01. The summed E-state index contributed by atoms with van der Waals surface area (Å²) in [4.78, 5) is 14.9. The molecule has 1 aliphatic heterocycles. The molecule has 0 spiro atoms. The fourth-order valence-electron chi connectivity index (χ4n) is 2.15. The molecule has 0 fully saturated rings. The van der Waals surface area contributed by atoms with E-state index in [4.69, 9.17) is 26.2 Å². The molecule has 5 nitrogen and oxygen atoms in total. The van der Waals surface area contributed by atoms with Crippen LogP contribution in [0.3, 0.4) is 0 Å². The molecule has 0 unspecified atom stereocenters. The van der Waals surface area contributed by atoms with Crippen molar-refractivity contribution in [2.24, 2.45) is 0 Å². The highest BCUT2D eigenvalue weighted by atomic mass is 35.5. The highest BCUT2D eigenvalue weighted by molar-refractivity contribution is 6.30. The Balaban J connectivity index is 2.02. The number of aromatic nitrogens is 1. The molecule has 0 saturated heterocycles. The van der Waals surface area contributed by atoms with E-state index in [0.29, 0.717) is 41.8 Å². The predicted molar refractivity (Wildman–Crippen MR) is 73.7 cm³/mol. The first-order valence-corrected chi connectivity index (χ1v) is 6.62. The summed E-state index contributed by atoms with van der Waals surface area (Å²) in [5, 5.41) is 9.93. The smallest absolute Gasteiger partial charge is 0.303 e. The molecule has 1 aliphatic rings. The van der Waals surface area contributed by atoms with E-state index >= 15 is 0 Å². The third-order valence-corrected chi connectivity index (χ3v) is 3.44. The molecule has 0 amide bonds. The zero-order valence-corrected chi connectivity index (χ0v) is 11.3. The van der Waals surface area contributed by atoms with Crippen LogP contribution < -0.4 is 9.47 Å². The second-order valence-electron chi connectivity index (χ2n) is 4.52. The maximum atomic E-state index is 10.6. The number of nitrogens with zero attached hydrogens (tertiary/aromatic N) is 1. The number of halogens is 1. The Morgan fingerprint density at radius 2 is 1.95 bits per heavy atom. The van der Waals surface area contributed by atoms with E-state index in [1.807, 2.05) is 12.1 Å². The largest absolute Gasteiger partial charge is 0.486 e. The van der Waals surface area contributed by atoms with Crippen molar-refractivity contribution in [1.82, 2.24) is 4.98 Å². The lowest BCUT2D eigenvalue weighted by molar-refractivity contribution is -0.136. The number of aliphatic carboxylic acids is 1. The Morgan fingerprint density at radius 3 is 2.65 bits per heavy atom. The van der Waals surface area contributed by atoms with Crippen molar-refractivity contribution < 1.29 is 19.4 Å². The van der Waals surface area contributed by atoms with Gasteiger partial charge in [-0.2, -0.15) is 0 Å². The summed E-state index contributed by atoms with van der Waals surface area (Å²) >= 11 is 6.09. The average Bonchev–Trinajstić information content (AvgIpc) is 2.43. The highest BCUT2D eigenvalue weighted by Gasteiger charge is 2.15. The van der Waals surface area contributed by atoms with Gasteiger partial charge in [0.15, 0.2) is 11.5 Å². The van der Waals surface area contributed by atoms with Crippen LogP contribution in [0.2, 0.25) is 5.15 Å². The topological polar surface area (TPSA) is 68.7 Å². The number of ether oxygens (including phenoxy) is 2. The lowest BCUT2D eigenvalue weighted by Gasteiger charge is -2.19. The maximum Gasteiger partial charge on any atom is 0.303 e. The molecule has 6 heteroatoms. The van der Waals surface area contributed by atoms with Crippen LogP contribution in [0.25, 0.3) is 10.9 Å². The number of hydrogen-bond donors (Lipinski definition) is 1. The first-order valence-electron chi connectivity index (χ1n) is 6.24. The van der Waals surface area contributed by atoms with Gasteiger partial charge in [0.25, 0.3) is 0 Å². The van der Waals surface area contributed by atoms with E-state index in [1.54, 1.807) is 6.07 Å². The van der Waals surface area contributed by atoms with Crippen molar-refractivity contribution in [3.63, 3.8) is 0 Å². The summed E-state index contributed by atoms with van der Waals surface area (Å²) in [6.07, 6.45) is 0.378. The summed E-state index contributed by atoms with van der Waals surface area (Å²) in [7, 11) is 0. The van der Waals surface area contributed by atoms with Gasteiger partial charge in [-0.15, -0.1) is 0 Å². The summed E-state index contributed by atoms with van der Waals surface area (Å²) in [5.41, 5.74) is 1.43. The number of carboxylic acid groups (broad SMARTS) is 1. The van der Waals surface area contributed by atoms with E-state index in [2.05, 4.69) is 4.98 Å². The van der Waals surface area contributed by atoms with Gasteiger partial charge >= 0.3 is 5.97 Å². The highest BCUT2D eigenvalue weighted by Crippen LogP contribution is 2.35. The van der Waals surface area contributed by atoms with Crippen LogP contribution in [-0.4, -0.2) is 29.3 Å². The molecule has 0 bridgehead atoms. The average molecular weight is 294 g/mol. The number of hydrogen-bond acceptors (Lipinski definition) is 4. The van der Waals surface area contributed by atoms with Crippen LogP contribution >= 0.6 is 11.6 Å². The van der Waals surface area contributed by atoms with Crippen molar-refractivity contribution in [3.8, 4) is 11.5 Å². The Kier molecular flexibility index (Phi) is 3.36. The predicted octanol–water partition coefficient (Wildman–Crippen LogP) is 2.68. The monoisotopic (exact) mass is 293 g/mol. The molecule has 20 heavy (non-hydrogen) atoms. The first-order chi connectivity index (χ1) is 9.63. The number of carbonyl (C=O) groups is 1. The van der Waals surface area contributed by atoms with Crippen LogP contribution in [0.5, 0.6) is 11.5 Å². The molecule has 1 aromatic carbocycles. The minimum Gasteiger partial charge on any atom is -0.486 e. The van der Waals surface area contributed by atoms with Gasteiger partial charge in [0.2, 0.25) is 0 Å². The maximum absolute atomic E-state index is 10.6. The third-order valence-electron chi connectivity index (χ3n) is 3.11. The summed E-state index contributed by atoms with van der Waals surface area (Å²) in [5.74, 6) is 0.478. The van der Waals surface area contributed by atoms with Gasteiger partial charge in [-0.1, -0.05) is 11.6 Å². The summed E-state index contributed by atoms with van der Waals surface area (Å²) < 4.78 is 11.0. The van der Waals surface area contributed by atoms with Gasteiger partial charge in [-0.05, 0) is 24.1 Å². The van der Waals surface area contributed by atoms with E-state index in [0.717, 1.165) is 10.9 Å². The number of pyridine rings is 1. The van der Waals surface area contributed by atoms with Crippen molar-refractivity contribution in [2.75, 3.05) is 13.2 Å². The lowest BCUT2D eigenvalue weighted by atomic mass is 10.1. The molecule has 0 aliphatic carbocycles. The molecular formula is C14H12ClNO4. The van der Waals surface area contributed by atoms with E-state index < -0.39 is 5.97 Å². The normalized spacial score (nSPS) is 13.4. The van der Waals surface area contributed by atoms with E-state index in [9.17, 15) is 4.79 Å². The number of fused-ring (bicyclic) bond motifs is 2. The number of carboxylic acids is 1. The molecule has 0 saturated carbocycles. The van der Waals surface area contributed by atoms with Crippen LogP contribution in [0, 0.1) is 0 Å². The Bertz CT molecular complexity index is 686. The van der Waals surface area contributed by atoms with Gasteiger partial charge < -0.3 is 14.6 Å². The summed E-state index contributed by atoms with van der Waals surface area (Å²) in [6, 6.07) is 5.49. The molecule has 1 N–H and O–H groups in total. The quantitative estimate of drug-likeness (QED) is 0.881. The van der Waals surface area contributed by atoms with Crippen LogP contribution in [-0.2, 0) is 11.2 Å². The molecule has 0 atom stereocenters. The minimum absolute atomic E-state index is 0.0253. The van der Waals surface area contributed by atoms with Crippen LogP contribution in [0.1, 0.15) is 12.0 Å². The molecule has 0 radical (unpaired) electrons. The van der Waals surface area contributed by atoms with Crippen molar-refractivity contribution in [1.29, 1.82) is 0 Å². The third kappa shape index (κ3) is 2.49. The fraction of sp³-hybridized carbons (Fsp3) is 0.286. The molecular weight excluding hydrogens is 282 g/mol. The number of benzene rings is 1. The minimum atomic E-state index is -0.858. The number of rotatable bonds is 3. The van der Waals surface area contributed by atoms with Gasteiger partial charge in [0.05, 0.1) is 5.52 Å². The number of aryl methyl sites for hydroxylation is 1. The second-order valence-corrected chi connectivity index (χ2v) is 4.88. The molecule has 3 rings (SSSR count). The van der Waals surface area contributed by atoms with E-state index in [-0.39, 0.29) is 6.42 Å². The Morgan fingerprint density at radius 1 is 1.25 bits per heavy atom. The molecule has 104 valence electrons. The van der Waals surface area contributed by atoms with Gasteiger partial charge in [-0.3, -0.25) is 4.79 Å². The molecule has 1 aromatic heterocycles. The first kappa shape index (κ1) is 13.0. The van der Waals surface area contributed by atoms with Crippen LogP contribution in [0.4, 0.5) is 0 Å². The van der Waals surface area contributed by atoms with Gasteiger partial charge in [0.1, 0.15) is 18.4 Å². The zero-order valence-electron chi connectivity index (χ0n) is 10.6. The SMILES string of the molecule is O=C(O)CCc1cc2cc3c(cc2nc1Cl)OCCO3. The Labute approximate surface area is 120 Å². The second kappa shape index (κ2) is 5.17. The fourth-order valence-corrected chi connectivity index (χ4v) is 2.39. The zero-order chi connectivity index (χ0) is 14.1. The molecule has 2 aromatic rings.